The molecule has 1 heterocycles. The monoisotopic (exact) mass is 300 g/mol. The van der Waals surface area contributed by atoms with Crippen molar-refractivity contribution in [1.82, 2.24) is 5.32 Å². The summed E-state index contributed by atoms with van der Waals surface area (Å²) in [4.78, 5) is 22.1. The minimum atomic E-state index is -0.932. The van der Waals surface area contributed by atoms with Crippen molar-refractivity contribution in [2.75, 3.05) is 7.11 Å². The summed E-state index contributed by atoms with van der Waals surface area (Å²) in [5.41, 5.74) is 0.430. The van der Waals surface area contributed by atoms with Gasteiger partial charge in [-0.05, 0) is 17.7 Å². The van der Waals surface area contributed by atoms with Crippen LogP contribution in [0.5, 0.6) is 11.5 Å². The summed E-state index contributed by atoms with van der Waals surface area (Å²) in [5.74, 6) is -0.386. The number of carbonyl (C=O) groups excluding carboxylic acids is 1. The summed E-state index contributed by atoms with van der Waals surface area (Å²) in [6.45, 7) is 0. The van der Waals surface area contributed by atoms with Crippen LogP contribution in [-0.4, -0.2) is 29.1 Å². The van der Waals surface area contributed by atoms with Crippen LogP contribution < -0.4 is 10.1 Å². The molecule has 0 aliphatic carbocycles. The lowest BCUT2D eigenvalue weighted by Crippen LogP contribution is -2.45. The van der Waals surface area contributed by atoms with Gasteiger partial charge in [0, 0.05) is 17.8 Å². The number of phenolic OH excluding ortho intramolecular Hbond substituents is 1. The molecular weight excluding hydrogens is 288 g/mol. The number of hydrogen-bond acceptors (Lipinski definition) is 5. The second kappa shape index (κ2) is 5.54. The smallest absolute Gasteiger partial charge is 0.237 e. The quantitative estimate of drug-likeness (QED) is 0.653. The maximum Gasteiger partial charge on any atom is 0.237 e. The number of rotatable bonds is 3. The predicted molar refractivity (Wildman–Crippen MR) is 70.6 cm³/mol. The lowest BCUT2D eigenvalue weighted by molar-refractivity contribution is -0.529. The van der Waals surface area contributed by atoms with Crippen LogP contribution in [0.4, 0.5) is 0 Å². The zero-order valence-electron chi connectivity index (χ0n) is 10.6. The normalized spacial score (nSPS) is 22.2. The number of carbonyl (C=O) groups is 1. The highest BCUT2D eigenvalue weighted by Gasteiger charge is 2.38. The maximum absolute atomic E-state index is 11.5. The molecule has 0 unspecified atom stereocenters. The van der Waals surface area contributed by atoms with E-state index in [1.165, 1.54) is 19.2 Å². The number of methoxy groups -OCH3 is 1. The number of halogens is 1. The number of nitro groups is 1. The first-order valence-corrected chi connectivity index (χ1v) is 6.31. The first kappa shape index (κ1) is 14.4. The zero-order chi connectivity index (χ0) is 14.9. The number of amides is 1. The van der Waals surface area contributed by atoms with E-state index in [1.807, 2.05) is 0 Å². The number of aromatic hydroxyl groups is 1. The average molecular weight is 301 g/mol. The Hall–Kier alpha value is -2.02. The summed E-state index contributed by atoms with van der Waals surface area (Å²) in [7, 11) is 1.35. The van der Waals surface area contributed by atoms with Crippen molar-refractivity contribution in [2.45, 2.75) is 24.9 Å². The lowest BCUT2D eigenvalue weighted by Gasteiger charge is -2.27. The van der Waals surface area contributed by atoms with Crippen molar-refractivity contribution in [3.05, 3.63) is 32.8 Å². The Morgan fingerprint density at radius 3 is 2.85 bits per heavy atom. The number of hydrogen-bond donors (Lipinski definition) is 2. The molecule has 0 saturated carbocycles. The first-order chi connectivity index (χ1) is 9.43. The average Bonchev–Trinajstić information content (AvgIpc) is 2.41. The molecule has 0 radical (unpaired) electrons. The largest absolute Gasteiger partial charge is 0.503 e. The summed E-state index contributed by atoms with van der Waals surface area (Å²) in [6.07, 6.45) is 0.273. The van der Waals surface area contributed by atoms with Gasteiger partial charge in [0.15, 0.2) is 11.5 Å². The fraction of sp³-hybridized carbons (Fsp3) is 0.417. The molecule has 1 saturated heterocycles. The van der Waals surface area contributed by atoms with Crippen molar-refractivity contribution in [3.63, 3.8) is 0 Å². The van der Waals surface area contributed by atoms with Gasteiger partial charge in [0.1, 0.15) is 6.04 Å². The Labute approximate surface area is 119 Å². The summed E-state index contributed by atoms with van der Waals surface area (Å²) >= 11 is 5.87. The predicted octanol–water partition coefficient (Wildman–Crippen LogP) is 1.65. The van der Waals surface area contributed by atoms with Crippen molar-refractivity contribution in [3.8, 4) is 11.5 Å². The van der Waals surface area contributed by atoms with Gasteiger partial charge >= 0.3 is 0 Å². The molecule has 2 rings (SSSR count). The standard InChI is InChI=1S/C12H13ClN2O5/c1-20-9-5-6(4-7(13)12(9)17)11-8(15(18)19)2-3-10(16)14-11/h4-5,8,11,17H,2-3H2,1H3,(H,14,16)/t8-,11-/m1/s1. The Morgan fingerprint density at radius 2 is 2.25 bits per heavy atom. The van der Waals surface area contributed by atoms with Crippen molar-refractivity contribution >= 4 is 17.5 Å². The minimum Gasteiger partial charge on any atom is -0.503 e. The van der Waals surface area contributed by atoms with Crippen LogP contribution in [0.1, 0.15) is 24.4 Å². The topological polar surface area (TPSA) is 102 Å². The highest BCUT2D eigenvalue weighted by Crippen LogP contribution is 2.38. The minimum absolute atomic E-state index is 0.0151. The fourth-order valence-corrected chi connectivity index (χ4v) is 2.47. The third-order valence-corrected chi connectivity index (χ3v) is 3.56. The van der Waals surface area contributed by atoms with Gasteiger partial charge in [-0.15, -0.1) is 0 Å². The summed E-state index contributed by atoms with van der Waals surface area (Å²) in [5, 5.41) is 23.4. The van der Waals surface area contributed by atoms with Crippen LogP contribution in [0.25, 0.3) is 0 Å². The lowest BCUT2D eigenvalue weighted by atomic mass is 9.92. The zero-order valence-corrected chi connectivity index (χ0v) is 11.4. The molecule has 0 bridgehead atoms. The molecule has 2 atom stereocenters. The van der Waals surface area contributed by atoms with Crippen LogP contribution in [0.15, 0.2) is 12.1 Å². The molecule has 7 nitrogen and oxygen atoms in total. The number of nitrogens with zero attached hydrogens (tertiary/aromatic N) is 1. The first-order valence-electron chi connectivity index (χ1n) is 5.93. The Kier molecular flexibility index (Phi) is 3.99. The third-order valence-electron chi connectivity index (χ3n) is 3.27. The van der Waals surface area contributed by atoms with Gasteiger partial charge < -0.3 is 15.2 Å². The SMILES string of the molecule is COc1cc([C@H]2NC(=O)CC[C@H]2[N+](=O)[O-])cc(Cl)c1O. The van der Waals surface area contributed by atoms with E-state index in [9.17, 15) is 20.0 Å². The molecular formula is C12H13ClN2O5. The van der Waals surface area contributed by atoms with Gasteiger partial charge in [0.25, 0.3) is 0 Å². The molecule has 0 spiro atoms. The van der Waals surface area contributed by atoms with Crippen LogP contribution in [0, 0.1) is 10.1 Å². The van der Waals surface area contributed by atoms with Gasteiger partial charge in [0.2, 0.25) is 11.9 Å². The Balaban J connectivity index is 2.43. The molecule has 8 heteroatoms. The van der Waals surface area contributed by atoms with Gasteiger partial charge in [-0.25, -0.2) is 0 Å². The number of piperidine rings is 1. The van der Waals surface area contributed by atoms with E-state index in [0.29, 0.717) is 5.56 Å². The van der Waals surface area contributed by atoms with Gasteiger partial charge in [-0.3, -0.25) is 14.9 Å². The summed E-state index contributed by atoms with van der Waals surface area (Å²) in [6, 6.07) is 1.11. The molecule has 108 valence electrons. The van der Waals surface area contributed by atoms with E-state index in [1.54, 1.807) is 0 Å². The van der Waals surface area contributed by atoms with Crippen LogP contribution >= 0.6 is 11.6 Å². The molecule has 1 amide bonds. The molecule has 1 aliphatic rings. The molecule has 2 N–H and O–H groups in total. The second-order valence-corrected chi connectivity index (χ2v) is 4.90. The summed E-state index contributed by atoms with van der Waals surface area (Å²) < 4.78 is 4.96. The molecule has 1 aromatic rings. The van der Waals surface area contributed by atoms with Gasteiger partial charge in [-0.2, -0.15) is 0 Å². The van der Waals surface area contributed by atoms with Gasteiger partial charge in [-0.1, -0.05) is 11.6 Å². The Morgan fingerprint density at radius 1 is 1.55 bits per heavy atom. The van der Waals surface area contributed by atoms with Crippen molar-refractivity contribution < 1.29 is 19.6 Å². The number of ether oxygens (including phenoxy) is 1. The van der Waals surface area contributed by atoms with Crippen LogP contribution in [-0.2, 0) is 4.79 Å². The molecule has 1 fully saturated rings. The highest BCUT2D eigenvalue weighted by molar-refractivity contribution is 6.32. The highest BCUT2D eigenvalue weighted by atomic mass is 35.5. The van der Waals surface area contributed by atoms with E-state index in [0.717, 1.165) is 0 Å². The number of benzene rings is 1. The molecule has 0 aromatic heterocycles. The van der Waals surface area contributed by atoms with E-state index < -0.39 is 17.0 Å². The van der Waals surface area contributed by atoms with E-state index >= 15 is 0 Å². The number of nitrogens with one attached hydrogen (secondary N) is 1. The van der Waals surface area contributed by atoms with Crippen LogP contribution in [0.3, 0.4) is 0 Å². The fourth-order valence-electron chi connectivity index (χ4n) is 2.25. The Bertz CT molecular complexity index is 563. The van der Waals surface area contributed by atoms with E-state index in [2.05, 4.69) is 5.32 Å². The van der Waals surface area contributed by atoms with E-state index in [-0.39, 0.29) is 35.3 Å². The third kappa shape index (κ3) is 2.62. The second-order valence-electron chi connectivity index (χ2n) is 4.49. The molecule has 1 aromatic carbocycles. The van der Waals surface area contributed by atoms with Crippen molar-refractivity contribution in [2.24, 2.45) is 0 Å². The molecule has 1 aliphatic heterocycles. The van der Waals surface area contributed by atoms with Crippen molar-refractivity contribution in [1.29, 1.82) is 0 Å². The molecule has 20 heavy (non-hydrogen) atoms. The number of phenols is 1. The van der Waals surface area contributed by atoms with Gasteiger partial charge in [0.05, 0.1) is 12.1 Å². The maximum atomic E-state index is 11.5. The van der Waals surface area contributed by atoms with Crippen LogP contribution in [0.2, 0.25) is 5.02 Å². The van der Waals surface area contributed by atoms with E-state index in [4.69, 9.17) is 16.3 Å².